The Hall–Kier alpha value is -2.13. The highest BCUT2D eigenvalue weighted by atomic mass is 16.1. The minimum absolute atomic E-state index is 0.264. The first kappa shape index (κ1) is 9.95. The monoisotopic (exact) mass is 184 g/mol. The number of benzene rings is 1. The molecule has 1 aromatic carbocycles. The zero-order valence-electron chi connectivity index (χ0n) is 7.53. The molecule has 0 bridgehead atoms. The molecular weight excluding hydrogens is 176 g/mol. The van der Waals surface area contributed by atoms with Crippen LogP contribution < -0.4 is 0 Å². The Balaban J connectivity index is 3.09. The zero-order valence-corrected chi connectivity index (χ0v) is 7.53. The van der Waals surface area contributed by atoms with Gasteiger partial charge in [-0.25, -0.2) is 0 Å². The Labute approximate surface area is 82.2 Å². The second-order valence-corrected chi connectivity index (χ2v) is 2.87. The van der Waals surface area contributed by atoms with Crippen molar-refractivity contribution in [2.75, 3.05) is 0 Å². The first-order valence-corrected chi connectivity index (χ1v) is 4.12. The van der Waals surface area contributed by atoms with Gasteiger partial charge in [-0.3, -0.25) is 4.79 Å². The highest BCUT2D eigenvalue weighted by Crippen LogP contribution is 2.10. The van der Waals surface area contributed by atoms with E-state index in [4.69, 9.17) is 10.5 Å². The number of hydrogen-bond acceptors (Lipinski definition) is 3. The average Bonchev–Trinajstić information content (AvgIpc) is 2.18. The lowest BCUT2D eigenvalue weighted by Gasteiger charge is -2.00. The van der Waals surface area contributed by atoms with Crippen LogP contribution in [-0.2, 0) is 12.8 Å². The fraction of sp³-hybridized carbons (Fsp3) is 0.182. The van der Waals surface area contributed by atoms with Crippen molar-refractivity contribution in [3.05, 3.63) is 34.9 Å². The lowest BCUT2D eigenvalue weighted by Crippen LogP contribution is -1.91. The fourth-order valence-electron chi connectivity index (χ4n) is 1.25. The molecule has 0 fully saturated rings. The van der Waals surface area contributed by atoms with Crippen molar-refractivity contribution in [3.8, 4) is 12.1 Å². The van der Waals surface area contributed by atoms with Crippen molar-refractivity contribution in [2.45, 2.75) is 12.8 Å². The maximum absolute atomic E-state index is 10.6. The van der Waals surface area contributed by atoms with Crippen molar-refractivity contribution < 1.29 is 4.79 Å². The van der Waals surface area contributed by atoms with Crippen LogP contribution in [0.25, 0.3) is 0 Å². The molecule has 0 aliphatic heterocycles. The number of nitriles is 2. The van der Waals surface area contributed by atoms with Gasteiger partial charge in [0.1, 0.15) is 6.29 Å². The molecule has 14 heavy (non-hydrogen) atoms. The summed E-state index contributed by atoms with van der Waals surface area (Å²) in [6.07, 6.45) is 1.25. The van der Waals surface area contributed by atoms with Crippen LogP contribution in [0, 0.1) is 22.7 Å². The van der Waals surface area contributed by atoms with E-state index in [9.17, 15) is 4.79 Å². The van der Waals surface area contributed by atoms with Crippen molar-refractivity contribution in [1.82, 2.24) is 0 Å². The third kappa shape index (κ3) is 2.43. The Morgan fingerprint density at radius 2 is 1.57 bits per heavy atom. The van der Waals surface area contributed by atoms with Gasteiger partial charge in [0.2, 0.25) is 0 Å². The number of aldehydes is 1. The van der Waals surface area contributed by atoms with Gasteiger partial charge < -0.3 is 0 Å². The van der Waals surface area contributed by atoms with E-state index in [0.29, 0.717) is 5.56 Å². The van der Waals surface area contributed by atoms with Crippen LogP contribution in [0.15, 0.2) is 18.2 Å². The molecule has 3 nitrogen and oxygen atoms in total. The van der Waals surface area contributed by atoms with E-state index < -0.39 is 0 Å². The summed E-state index contributed by atoms with van der Waals surface area (Å²) in [7, 11) is 0. The Morgan fingerprint density at radius 1 is 1.07 bits per heavy atom. The minimum Gasteiger partial charge on any atom is -0.298 e. The molecule has 0 saturated carbocycles. The van der Waals surface area contributed by atoms with E-state index in [1.165, 1.54) is 0 Å². The van der Waals surface area contributed by atoms with Gasteiger partial charge in [-0.2, -0.15) is 10.5 Å². The third-order valence-electron chi connectivity index (χ3n) is 1.78. The predicted molar refractivity (Wildman–Crippen MR) is 50.5 cm³/mol. The average molecular weight is 184 g/mol. The first-order valence-electron chi connectivity index (χ1n) is 4.12. The summed E-state index contributed by atoms with van der Waals surface area (Å²) in [5.41, 5.74) is 2.08. The fourth-order valence-corrected chi connectivity index (χ4v) is 1.25. The van der Waals surface area contributed by atoms with Crippen LogP contribution in [0.1, 0.15) is 21.5 Å². The van der Waals surface area contributed by atoms with Crippen molar-refractivity contribution in [2.24, 2.45) is 0 Å². The maximum Gasteiger partial charge on any atom is 0.150 e. The number of carbonyl (C=O) groups is 1. The maximum atomic E-state index is 10.6. The molecule has 0 heterocycles. The molecule has 1 aromatic rings. The van der Waals surface area contributed by atoms with Gasteiger partial charge >= 0.3 is 0 Å². The van der Waals surface area contributed by atoms with E-state index in [2.05, 4.69) is 0 Å². The highest BCUT2D eigenvalue weighted by molar-refractivity contribution is 5.75. The molecule has 0 aliphatic rings. The predicted octanol–water partition coefficient (Wildman–Crippen LogP) is 1.63. The molecule has 0 spiro atoms. The molecule has 0 N–H and O–H groups in total. The quantitative estimate of drug-likeness (QED) is 0.670. The summed E-state index contributed by atoms with van der Waals surface area (Å²) in [5, 5.41) is 17.0. The van der Waals surface area contributed by atoms with E-state index in [1.54, 1.807) is 18.2 Å². The molecule has 0 atom stereocenters. The van der Waals surface area contributed by atoms with Gasteiger partial charge in [-0.1, -0.05) is 6.07 Å². The van der Waals surface area contributed by atoms with Crippen molar-refractivity contribution >= 4 is 6.29 Å². The molecule has 0 amide bonds. The zero-order chi connectivity index (χ0) is 10.4. The lowest BCUT2D eigenvalue weighted by molar-refractivity contribution is 0.112. The highest BCUT2D eigenvalue weighted by Gasteiger charge is 2.00. The van der Waals surface area contributed by atoms with Gasteiger partial charge in [-0.05, 0) is 23.3 Å². The Morgan fingerprint density at radius 3 is 1.93 bits per heavy atom. The molecule has 0 aromatic heterocycles. The number of carbonyl (C=O) groups excluding carboxylic acids is 1. The van der Waals surface area contributed by atoms with Gasteiger partial charge in [0.05, 0.1) is 25.0 Å². The molecule has 68 valence electrons. The summed E-state index contributed by atoms with van der Waals surface area (Å²) >= 11 is 0. The SMILES string of the molecule is N#CCc1cc(C=O)cc(CC#N)c1. The number of hydrogen-bond donors (Lipinski definition) is 0. The second kappa shape index (κ2) is 4.79. The van der Waals surface area contributed by atoms with Crippen LogP contribution in [0.5, 0.6) is 0 Å². The van der Waals surface area contributed by atoms with Crippen LogP contribution in [0.4, 0.5) is 0 Å². The smallest absolute Gasteiger partial charge is 0.150 e. The summed E-state index contributed by atoms with van der Waals surface area (Å²) in [5.74, 6) is 0. The van der Waals surface area contributed by atoms with Crippen LogP contribution in [0.3, 0.4) is 0 Å². The Bertz CT molecular complexity index is 390. The summed E-state index contributed by atoms with van der Waals surface area (Å²) < 4.78 is 0. The Kier molecular flexibility index (Phi) is 3.41. The summed E-state index contributed by atoms with van der Waals surface area (Å²) in [6.45, 7) is 0. The van der Waals surface area contributed by atoms with Crippen LogP contribution >= 0.6 is 0 Å². The standard InChI is InChI=1S/C11H8N2O/c12-3-1-9-5-10(2-4-13)7-11(6-9)8-14/h5-8H,1-2H2. The summed E-state index contributed by atoms with van der Waals surface area (Å²) in [4.78, 5) is 10.6. The van der Waals surface area contributed by atoms with E-state index in [1.807, 2.05) is 12.1 Å². The third-order valence-corrected chi connectivity index (χ3v) is 1.78. The van der Waals surface area contributed by atoms with E-state index in [-0.39, 0.29) is 12.8 Å². The van der Waals surface area contributed by atoms with Gasteiger partial charge in [-0.15, -0.1) is 0 Å². The normalized spacial score (nSPS) is 8.71. The molecule has 0 unspecified atom stereocenters. The molecular formula is C11H8N2O. The molecule has 0 saturated heterocycles. The summed E-state index contributed by atoms with van der Waals surface area (Å²) in [6, 6.07) is 9.12. The van der Waals surface area contributed by atoms with Crippen LogP contribution in [0.2, 0.25) is 0 Å². The van der Waals surface area contributed by atoms with Crippen LogP contribution in [-0.4, -0.2) is 6.29 Å². The topological polar surface area (TPSA) is 64.7 Å². The van der Waals surface area contributed by atoms with Gasteiger partial charge in [0.15, 0.2) is 0 Å². The number of nitrogens with zero attached hydrogens (tertiary/aromatic N) is 2. The first-order chi connectivity index (χ1) is 6.80. The van der Waals surface area contributed by atoms with Crippen molar-refractivity contribution in [3.63, 3.8) is 0 Å². The number of rotatable bonds is 3. The molecule has 1 rings (SSSR count). The molecule has 3 heteroatoms. The molecule has 0 radical (unpaired) electrons. The lowest BCUT2D eigenvalue weighted by atomic mass is 10.0. The second-order valence-electron chi connectivity index (χ2n) is 2.87. The van der Waals surface area contributed by atoms with E-state index in [0.717, 1.165) is 17.4 Å². The van der Waals surface area contributed by atoms with E-state index >= 15 is 0 Å². The van der Waals surface area contributed by atoms with Crippen molar-refractivity contribution in [1.29, 1.82) is 10.5 Å². The molecule has 0 aliphatic carbocycles. The van der Waals surface area contributed by atoms with Gasteiger partial charge in [0.25, 0.3) is 0 Å². The van der Waals surface area contributed by atoms with Gasteiger partial charge in [0, 0.05) is 5.56 Å². The minimum atomic E-state index is 0.264. The largest absolute Gasteiger partial charge is 0.298 e.